The van der Waals surface area contributed by atoms with Crippen molar-refractivity contribution in [3.05, 3.63) is 76.8 Å². The Kier molecular flexibility index (Phi) is 4.72. The third-order valence-corrected chi connectivity index (χ3v) is 4.47. The monoisotopic (exact) mass is 340 g/mol. The summed E-state index contributed by atoms with van der Waals surface area (Å²) in [4.78, 5) is 11.6. The van der Waals surface area contributed by atoms with E-state index in [4.69, 9.17) is 16.3 Å². The van der Waals surface area contributed by atoms with Crippen LogP contribution in [0, 0.1) is 6.92 Å². The molecular formula is C20H17ClO3. The second kappa shape index (κ2) is 6.93. The molecule has 0 aliphatic heterocycles. The third-order valence-electron chi connectivity index (χ3n) is 4.06. The van der Waals surface area contributed by atoms with Crippen LogP contribution >= 0.6 is 11.6 Å². The highest BCUT2D eigenvalue weighted by molar-refractivity contribution is 6.31. The van der Waals surface area contributed by atoms with Gasteiger partial charge < -0.3 is 9.84 Å². The van der Waals surface area contributed by atoms with Gasteiger partial charge in [0.1, 0.15) is 5.75 Å². The molecule has 0 bridgehead atoms. The zero-order valence-electron chi connectivity index (χ0n) is 13.2. The van der Waals surface area contributed by atoms with Crippen LogP contribution in [0.25, 0.3) is 10.8 Å². The van der Waals surface area contributed by atoms with E-state index in [0.29, 0.717) is 10.8 Å². The summed E-state index contributed by atoms with van der Waals surface area (Å²) in [6.45, 7) is 1.88. The van der Waals surface area contributed by atoms with E-state index in [-0.39, 0.29) is 6.42 Å². The summed E-state index contributed by atoms with van der Waals surface area (Å²) in [6.07, 6.45) is -0.711. The zero-order valence-corrected chi connectivity index (χ0v) is 14.0. The maximum absolute atomic E-state index is 11.6. The molecule has 3 nitrogen and oxygen atoms in total. The van der Waals surface area contributed by atoms with E-state index >= 15 is 0 Å². The van der Waals surface area contributed by atoms with Crippen LogP contribution in [0.2, 0.25) is 5.02 Å². The summed E-state index contributed by atoms with van der Waals surface area (Å²) in [5, 5.41) is 12.2. The largest absolute Gasteiger partial charge is 0.478 e. The molecule has 0 amide bonds. The molecule has 0 aliphatic rings. The third kappa shape index (κ3) is 3.52. The molecule has 1 unspecified atom stereocenters. The molecule has 0 spiro atoms. The van der Waals surface area contributed by atoms with Crippen molar-refractivity contribution in [2.45, 2.75) is 19.4 Å². The number of hydrogen-bond acceptors (Lipinski definition) is 2. The Labute approximate surface area is 145 Å². The number of carbonyl (C=O) groups is 1. The fraction of sp³-hybridized carbons (Fsp3) is 0.150. The summed E-state index contributed by atoms with van der Waals surface area (Å²) in [7, 11) is 0. The lowest BCUT2D eigenvalue weighted by Gasteiger charge is -2.17. The van der Waals surface area contributed by atoms with Gasteiger partial charge in [0, 0.05) is 11.4 Å². The second-order valence-electron chi connectivity index (χ2n) is 5.68. The molecule has 0 saturated heterocycles. The Balaban J connectivity index is 1.85. The summed E-state index contributed by atoms with van der Waals surface area (Å²) >= 11 is 6.11. The molecule has 4 heteroatoms. The van der Waals surface area contributed by atoms with Crippen molar-refractivity contribution in [1.82, 2.24) is 0 Å². The number of aliphatic carboxylic acids is 1. The molecular weight excluding hydrogens is 324 g/mol. The van der Waals surface area contributed by atoms with E-state index in [1.807, 2.05) is 55.5 Å². The molecule has 0 heterocycles. The van der Waals surface area contributed by atoms with E-state index < -0.39 is 12.1 Å². The van der Waals surface area contributed by atoms with Gasteiger partial charge >= 0.3 is 5.97 Å². The summed E-state index contributed by atoms with van der Waals surface area (Å²) in [6, 6.07) is 18.9. The first-order chi connectivity index (χ1) is 11.5. The van der Waals surface area contributed by atoms with Crippen molar-refractivity contribution in [2.75, 3.05) is 0 Å². The van der Waals surface area contributed by atoms with Crippen LogP contribution < -0.4 is 4.74 Å². The highest BCUT2D eigenvalue weighted by Gasteiger charge is 2.21. The fourth-order valence-corrected chi connectivity index (χ4v) is 2.85. The zero-order chi connectivity index (χ0) is 17.1. The molecule has 0 fully saturated rings. The van der Waals surface area contributed by atoms with Gasteiger partial charge in [0.2, 0.25) is 0 Å². The van der Waals surface area contributed by atoms with Crippen LogP contribution in [0.1, 0.15) is 11.1 Å². The normalized spacial score (nSPS) is 12.1. The fourth-order valence-electron chi connectivity index (χ4n) is 2.66. The molecule has 1 N–H and O–H groups in total. The van der Waals surface area contributed by atoms with Gasteiger partial charge in [-0.15, -0.1) is 0 Å². The van der Waals surface area contributed by atoms with E-state index in [1.54, 1.807) is 12.1 Å². The highest BCUT2D eigenvalue weighted by atomic mass is 35.5. The van der Waals surface area contributed by atoms with Crippen LogP contribution in [0.3, 0.4) is 0 Å². The quantitative estimate of drug-likeness (QED) is 0.720. The summed E-state index contributed by atoms with van der Waals surface area (Å²) in [5.41, 5.74) is 1.75. The molecule has 3 rings (SSSR count). The number of carboxylic acids is 1. The smallest absolute Gasteiger partial charge is 0.345 e. The molecule has 3 aromatic carbocycles. The van der Waals surface area contributed by atoms with Crippen LogP contribution in [0.4, 0.5) is 0 Å². The Morgan fingerprint density at radius 3 is 2.58 bits per heavy atom. The minimum absolute atomic E-state index is 0.258. The molecule has 0 aliphatic carbocycles. The molecule has 0 aromatic heterocycles. The average Bonchev–Trinajstić information content (AvgIpc) is 2.58. The standard InChI is InChI=1S/C20H17ClO3/c1-13-15(7-4-8-18(13)21)12-19(20(22)23)24-17-10-9-14-5-2-3-6-16(14)11-17/h2-11,19H,12H2,1H3,(H,22,23). The lowest BCUT2D eigenvalue weighted by molar-refractivity contribution is -0.145. The van der Waals surface area contributed by atoms with E-state index in [9.17, 15) is 9.90 Å². The number of ether oxygens (including phenoxy) is 1. The first-order valence-electron chi connectivity index (χ1n) is 7.67. The first kappa shape index (κ1) is 16.3. The van der Waals surface area contributed by atoms with Crippen molar-refractivity contribution in [3.63, 3.8) is 0 Å². The number of fused-ring (bicyclic) bond motifs is 1. The molecule has 122 valence electrons. The second-order valence-corrected chi connectivity index (χ2v) is 6.09. The van der Waals surface area contributed by atoms with Gasteiger partial charge in [-0.1, -0.05) is 54.1 Å². The Bertz CT molecular complexity index is 889. The molecule has 0 radical (unpaired) electrons. The van der Waals surface area contributed by atoms with E-state index in [2.05, 4.69) is 0 Å². The average molecular weight is 341 g/mol. The Hall–Kier alpha value is -2.52. The molecule has 0 saturated carbocycles. The van der Waals surface area contributed by atoms with Gasteiger partial charge in [-0.25, -0.2) is 4.79 Å². The Morgan fingerprint density at radius 2 is 1.83 bits per heavy atom. The van der Waals surface area contributed by atoms with Crippen LogP contribution in [-0.2, 0) is 11.2 Å². The molecule has 3 aromatic rings. The van der Waals surface area contributed by atoms with Gasteiger partial charge in [-0.2, -0.15) is 0 Å². The van der Waals surface area contributed by atoms with Crippen LogP contribution in [0.15, 0.2) is 60.7 Å². The van der Waals surface area contributed by atoms with Crippen molar-refractivity contribution >= 4 is 28.3 Å². The molecule has 24 heavy (non-hydrogen) atoms. The minimum atomic E-state index is -0.998. The highest BCUT2D eigenvalue weighted by Crippen LogP contribution is 2.24. The predicted molar refractivity (Wildman–Crippen MR) is 95.9 cm³/mol. The SMILES string of the molecule is Cc1c(Cl)cccc1CC(Oc1ccc2ccccc2c1)C(=O)O. The van der Waals surface area contributed by atoms with E-state index in [0.717, 1.165) is 21.9 Å². The van der Waals surface area contributed by atoms with Gasteiger partial charge in [-0.3, -0.25) is 0 Å². The summed E-state index contributed by atoms with van der Waals surface area (Å²) in [5.74, 6) is -0.455. The number of benzene rings is 3. The van der Waals surface area contributed by atoms with Crippen molar-refractivity contribution < 1.29 is 14.6 Å². The van der Waals surface area contributed by atoms with Gasteiger partial charge in [0.15, 0.2) is 6.10 Å². The summed E-state index contributed by atoms with van der Waals surface area (Å²) < 4.78 is 5.74. The number of rotatable bonds is 5. The van der Waals surface area contributed by atoms with E-state index in [1.165, 1.54) is 0 Å². The minimum Gasteiger partial charge on any atom is -0.478 e. The number of carboxylic acid groups (broad SMARTS) is 1. The topological polar surface area (TPSA) is 46.5 Å². The predicted octanol–water partition coefficient (Wildman–Crippen LogP) is 4.88. The maximum Gasteiger partial charge on any atom is 0.345 e. The van der Waals surface area contributed by atoms with Gasteiger partial charge in [0.25, 0.3) is 0 Å². The Morgan fingerprint density at radius 1 is 1.08 bits per heavy atom. The van der Waals surface area contributed by atoms with Gasteiger partial charge in [-0.05, 0) is 47.0 Å². The van der Waals surface area contributed by atoms with Crippen molar-refractivity contribution in [2.24, 2.45) is 0 Å². The lowest BCUT2D eigenvalue weighted by Crippen LogP contribution is -2.29. The van der Waals surface area contributed by atoms with Gasteiger partial charge in [0.05, 0.1) is 0 Å². The number of halogens is 1. The molecule has 1 atom stereocenters. The van der Waals surface area contributed by atoms with Crippen molar-refractivity contribution in [1.29, 1.82) is 0 Å². The van der Waals surface area contributed by atoms with Crippen molar-refractivity contribution in [3.8, 4) is 5.75 Å². The maximum atomic E-state index is 11.6. The lowest BCUT2D eigenvalue weighted by atomic mass is 10.0. The number of hydrogen-bond donors (Lipinski definition) is 1. The van der Waals surface area contributed by atoms with Crippen LogP contribution in [-0.4, -0.2) is 17.2 Å². The first-order valence-corrected chi connectivity index (χ1v) is 8.04. The van der Waals surface area contributed by atoms with Crippen LogP contribution in [0.5, 0.6) is 5.75 Å².